The number of nitrogens with zero attached hydrogens (tertiary/aromatic N) is 1. The van der Waals surface area contributed by atoms with Crippen molar-refractivity contribution in [2.75, 3.05) is 39.9 Å². The molecule has 2 N–H and O–H groups in total. The molecule has 0 aromatic rings. The number of unbranched alkanes of at least 4 members (excludes halogenated alkanes) is 1. The highest BCUT2D eigenvalue weighted by molar-refractivity contribution is 4.79. The SMILES string of the molecule is CCCCN(CC(O)COC)CC1CCCN1. The molecule has 1 aliphatic rings. The van der Waals surface area contributed by atoms with E-state index >= 15 is 0 Å². The van der Waals surface area contributed by atoms with Crippen LogP contribution >= 0.6 is 0 Å². The average molecular weight is 244 g/mol. The van der Waals surface area contributed by atoms with Gasteiger partial charge in [0.1, 0.15) is 0 Å². The van der Waals surface area contributed by atoms with Crippen LogP contribution in [0.1, 0.15) is 32.6 Å². The van der Waals surface area contributed by atoms with Gasteiger partial charge >= 0.3 is 0 Å². The number of hydrogen-bond donors (Lipinski definition) is 2. The van der Waals surface area contributed by atoms with E-state index in [2.05, 4.69) is 17.1 Å². The van der Waals surface area contributed by atoms with Crippen molar-refractivity contribution in [3.05, 3.63) is 0 Å². The summed E-state index contributed by atoms with van der Waals surface area (Å²) in [4.78, 5) is 2.37. The summed E-state index contributed by atoms with van der Waals surface area (Å²) >= 11 is 0. The second-order valence-corrected chi connectivity index (χ2v) is 5.02. The molecule has 0 radical (unpaired) electrons. The second kappa shape index (κ2) is 8.86. The lowest BCUT2D eigenvalue weighted by molar-refractivity contribution is 0.0356. The number of aliphatic hydroxyl groups excluding tert-OH is 1. The molecule has 2 unspecified atom stereocenters. The topological polar surface area (TPSA) is 44.7 Å². The van der Waals surface area contributed by atoms with E-state index in [0.717, 1.165) is 26.2 Å². The molecule has 1 fully saturated rings. The van der Waals surface area contributed by atoms with E-state index < -0.39 is 0 Å². The third kappa shape index (κ3) is 6.36. The minimum Gasteiger partial charge on any atom is -0.389 e. The normalized spacial score (nSPS) is 22.2. The van der Waals surface area contributed by atoms with Crippen LogP contribution in [0.5, 0.6) is 0 Å². The minimum atomic E-state index is -0.363. The Morgan fingerprint density at radius 2 is 2.35 bits per heavy atom. The molecule has 0 aromatic carbocycles. The highest BCUT2D eigenvalue weighted by atomic mass is 16.5. The predicted molar refractivity (Wildman–Crippen MR) is 70.3 cm³/mol. The molecule has 0 amide bonds. The summed E-state index contributed by atoms with van der Waals surface area (Å²) in [6, 6.07) is 0.613. The molecule has 0 bridgehead atoms. The maximum Gasteiger partial charge on any atom is 0.0900 e. The van der Waals surface area contributed by atoms with Gasteiger partial charge in [-0.05, 0) is 32.4 Å². The van der Waals surface area contributed by atoms with Crippen molar-refractivity contribution in [2.24, 2.45) is 0 Å². The number of rotatable bonds is 9. The first-order chi connectivity index (χ1) is 8.26. The molecule has 0 aliphatic carbocycles. The molecule has 4 nitrogen and oxygen atoms in total. The molecule has 1 aliphatic heterocycles. The molecular weight excluding hydrogens is 216 g/mol. The van der Waals surface area contributed by atoms with Crippen molar-refractivity contribution >= 4 is 0 Å². The Labute approximate surface area is 105 Å². The Balaban J connectivity index is 2.30. The van der Waals surface area contributed by atoms with E-state index in [1.807, 2.05) is 0 Å². The van der Waals surface area contributed by atoms with Gasteiger partial charge in [-0.3, -0.25) is 4.90 Å². The molecule has 4 heteroatoms. The average Bonchev–Trinajstić information content (AvgIpc) is 2.79. The van der Waals surface area contributed by atoms with Crippen molar-refractivity contribution in [3.8, 4) is 0 Å². The highest BCUT2D eigenvalue weighted by Crippen LogP contribution is 2.08. The maximum absolute atomic E-state index is 9.81. The van der Waals surface area contributed by atoms with Crippen molar-refractivity contribution < 1.29 is 9.84 Å². The van der Waals surface area contributed by atoms with Gasteiger partial charge in [-0.15, -0.1) is 0 Å². The molecule has 102 valence electrons. The summed E-state index contributed by atoms with van der Waals surface area (Å²) in [6.07, 6.45) is 4.59. The van der Waals surface area contributed by atoms with Gasteiger partial charge in [0, 0.05) is 26.2 Å². The van der Waals surface area contributed by atoms with Crippen molar-refractivity contribution in [1.82, 2.24) is 10.2 Å². The lowest BCUT2D eigenvalue weighted by Crippen LogP contribution is -2.42. The zero-order valence-electron chi connectivity index (χ0n) is 11.3. The number of methoxy groups -OCH3 is 1. The van der Waals surface area contributed by atoms with Crippen LogP contribution in [0.4, 0.5) is 0 Å². The second-order valence-electron chi connectivity index (χ2n) is 5.02. The van der Waals surface area contributed by atoms with Crippen LogP contribution in [0.3, 0.4) is 0 Å². The van der Waals surface area contributed by atoms with Crippen LogP contribution < -0.4 is 5.32 Å². The third-order valence-corrected chi connectivity index (χ3v) is 3.30. The van der Waals surface area contributed by atoms with Crippen LogP contribution in [-0.2, 0) is 4.74 Å². The van der Waals surface area contributed by atoms with Crippen LogP contribution in [0.15, 0.2) is 0 Å². The van der Waals surface area contributed by atoms with E-state index in [0.29, 0.717) is 12.6 Å². The lowest BCUT2D eigenvalue weighted by atomic mass is 10.2. The Hall–Kier alpha value is -0.160. The zero-order chi connectivity index (χ0) is 12.5. The van der Waals surface area contributed by atoms with E-state index in [-0.39, 0.29) is 6.10 Å². The summed E-state index contributed by atoms with van der Waals surface area (Å²) in [7, 11) is 1.64. The largest absolute Gasteiger partial charge is 0.389 e. The van der Waals surface area contributed by atoms with Gasteiger partial charge in [-0.2, -0.15) is 0 Å². The van der Waals surface area contributed by atoms with E-state index in [4.69, 9.17) is 4.74 Å². The molecule has 0 saturated carbocycles. The summed E-state index contributed by atoms with van der Waals surface area (Å²) < 4.78 is 4.99. The van der Waals surface area contributed by atoms with Crippen molar-refractivity contribution in [3.63, 3.8) is 0 Å². The molecule has 17 heavy (non-hydrogen) atoms. The van der Waals surface area contributed by atoms with Crippen LogP contribution in [0.2, 0.25) is 0 Å². The molecule has 2 atom stereocenters. The van der Waals surface area contributed by atoms with Gasteiger partial charge in [0.05, 0.1) is 12.7 Å². The minimum absolute atomic E-state index is 0.363. The Morgan fingerprint density at radius 1 is 1.53 bits per heavy atom. The van der Waals surface area contributed by atoms with Gasteiger partial charge in [-0.25, -0.2) is 0 Å². The Kier molecular flexibility index (Phi) is 7.77. The summed E-state index contributed by atoms with van der Waals surface area (Å²) in [5, 5.41) is 13.3. The molecule has 0 spiro atoms. The third-order valence-electron chi connectivity index (χ3n) is 3.30. The number of nitrogens with one attached hydrogen (secondary N) is 1. The predicted octanol–water partition coefficient (Wildman–Crippen LogP) is 0.848. The van der Waals surface area contributed by atoms with Crippen LogP contribution in [-0.4, -0.2) is 62.0 Å². The van der Waals surface area contributed by atoms with Gasteiger partial charge in [0.25, 0.3) is 0 Å². The molecular formula is C13H28N2O2. The van der Waals surface area contributed by atoms with Crippen LogP contribution in [0.25, 0.3) is 0 Å². The fraction of sp³-hybridized carbons (Fsp3) is 1.00. The van der Waals surface area contributed by atoms with Crippen LogP contribution in [0, 0.1) is 0 Å². The van der Waals surface area contributed by atoms with E-state index in [9.17, 15) is 5.11 Å². The Morgan fingerprint density at radius 3 is 2.94 bits per heavy atom. The quantitative estimate of drug-likeness (QED) is 0.631. The maximum atomic E-state index is 9.81. The van der Waals surface area contributed by atoms with Crippen molar-refractivity contribution in [2.45, 2.75) is 44.8 Å². The fourth-order valence-corrected chi connectivity index (χ4v) is 2.41. The summed E-state index contributed by atoms with van der Waals surface area (Å²) in [5.74, 6) is 0. The first-order valence-electron chi connectivity index (χ1n) is 6.89. The van der Waals surface area contributed by atoms with E-state index in [1.165, 1.54) is 25.7 Å². The molecule has 0 aromatic heterocycles. The van der Waals surface area contributed by atoms with Gasteiger partial charge < -0.3 is 15.2 Å². The Bertz CT molecular complexity index is 184. The zero-order valence-corrected chi connectivity index (χ0v) is 11.3. The molecule has 1 heterocycles. The standard InChI is InChI=1S/C13H28N2O2/c1-3-4-8-15(10-13(16)11-17-2)9-12-6-5-7-14-12/h12-14,16H,3-11H2,1-2H3. The number of aliphatic hydroxyl groups is 1. The first-order valence-corrected chi connectivity index (χ1v) is 6.89. The lowest BCUT2D eigenvalue weighted by Gasteiger charge is -2.27. The van der Waals surface area contributed by atoms with E-state index in [1.54, 1.807) is 7.11 Å². The number of ether oxygens (including phenoxy) is 1. The smallest absolute Gasteiger partial charge is 0.0900 e. The molecule has 1 rings (SSSR count). The van der Waals surface area contributed by atoms with Gasteiger partial charge in [0.2, 0.25) is 0 Å². The molecule has 1 saturated heterocycles. The summed E-state index contributed by atoms with van der Waals surface area (Å²) in [6.45, 7) is 6.65. The van der Waals surface area contributed by atoms with Crippen molar-refractivity contribution in [1.29, 1.82) is 0 Å². The van der Waals surface area contributed by atoms with Gasteiger partial charge in [-0.1, -0.05) is 13.3 Å². The van der Waals surface area contributed by atoms with Gasteiger partial charge in [0.15, 0.2) is 0 Å². The highest BCUT2D eigenvalue weighted by Gasteiger charge is 2.19. The fourth-order valence-electron chi connectivity index (χ4n) is 2.41. The number of hydrogen-bond acceptors (Lipinski definition) is 4. The summed E-state index contributed by atoms with van der Waals surface area (Å²) in [5.41, 5.74) is 0. The first kappa shape index (κ1) is 14.9. The monoisotopic (exact) mass is 244 g/mol.